The summed E-state index contributed by atoms with van der Waals surface area (Å²) in [5.41, 5.74) is 2.46. The molecular formula is C19H22INO2. The van der Waals surface area contributed by atoms with E-state index in [0.717, 1.165) is 30.7 Å². The predicted octanol–water partition coefficient (Wildman–Crippen LogP) is 4.31. The van der Waals surface area contributed by atoms with Crippen molar-refractivity contribution >= 4 is 22.6 Å². The molecular weight excluding hydrogens is 401 g/mol. The van der Waals surface area contributed by atoms with Crippen LogP contribution in [0.4, 0.5) is 0 Å². The highest BCUT2D eigenvalue weighted by Crippen LogP contribution is 2.27. The van der Waals surface area contributed by atoms with Gasteiger partial charge in [0.2, 0.25) is 0 Å². The molecule has 1 fully saturated rings. The summed E-state index contributed by atoms with van der Waals surface area (Å²) in [7, 11) is 1.70. The number of halogens is 1. The Kier molecular flexibility index (Phi) is 5.91. The molecule has 3 nitrogen and oxygen atoms in total. The highest BCUT2D eigenvalue weighted by molar-refractivity contribution is 14.1. The summed E-state index contributed by atoms with van der Waals surface area (Å²) in [5, 5.41) is 3.60. The van der Waals surface area contributed by atoms with Crippen LogP contribution in [0.25, 0.3) is 0 Å². The molecule has 2 atom stereocenters. The van der Waals surface area contributed by atoms with Gasteiger partial charge in [-0.25, -0.2) is 0 Å². The molecule has 0 spiro atoms. The predicted molar refractivity (Wildman–Crippen MR) is 101 cm³/mol. The molecule has 122 valence electrons. The summed E-state index contributed by atoms with van der Waals surface area (Å²) in [5.74, 6) is 0.886. The highest BCUT2D eigenvalue weighted by atomic mass is 127. The van der Waals surface area contributed by atoms with Crippen molar-refractivity contribution in [2.75, 3.05) is 13.7 Å². The van der Waals surface area contributed by atoms with Gasteiger partial charge in [0.05, 0.1) is 25.9 Å². The minimum absolute atomic E-state index is 0.204. The molecule has 3 rings (SSSR count). The fraction of sp³-hybridized carbons (Fsp3) is 0.368. The van der Waals surface area contributed by atoms with Crippen molar-refractivity contribution in [1.29, 1.82) is 0 Å². The average molecular weight is 423 g/mol. The molecule has 0 aliphatic carbocycles. The molecule has 0 unspecified atom stereocenters. The first-order valence-electron chi connectivity index (χ1n) is 7.99. The van der Waals surface area contributed by atoms with Crippen LogP contribution in [0.1, 0.15) is 30.0 Å². The van der Waals surface area contributed by atoms with Crippen LogP contribution in [0.15, 0.2) is 48.5 Å². The molecule has 1 aliphatic heterocycles. The van der Waals surface area contributed by atoms with E-state index in [1.54, 1.807) is 7.11 Å². The van der Waals surface area contributed by atoms with Crippen LogP contribution in [0.5, 0.6) is 5.75 Å². The molecule has 2 aromatic carbocycles. The lowest BCUT2D eigenvalue weighted by Gasteiger charge is -2.33. The van der Waals surface area contributed by atoms with Gasteiger partial charge in [-0.2, -0.15) is 0 Å². The second kappa shape index (κ2) is 8.13. The topological polar surface area (TPSA) is 30.5 Å². The number of methoxy groups -OCH3 is 1. The highest BCUT2D eigenvalue weighted by Gasteiger charge is 2.26. The quantitative estimate of drug-likeness (QED) is 0.728. The minimum Gasteiger partial charge on any atom is -0.497 e. The van der Waals surface area contributed by atoms with Crippen molar-refractivity contribution < 1.29 is 9.47 Å². The van der Waals surface area contributed by atoms with Gasteiger partial charge < -0.3 is 14.8 Å². The summed E-state index contributed by atoms with van der Waals surface area (Å²) in [6, 6.07) is 17.1. The zero-order chi connectivity index (χ0) is 16.1. The van der Waals surface area contributed by atoms with E-state index in [2.05, 4.69) is 70.4 Å². The van der Waals surface area contributed by atoms with E-state index in [9.17, 15) is 0 Å². The second-order valence-electron chi connectivity index (χ2n) is 5.83. The Morgan fingerprint density at radius 2 is 2.00 bits per heavy atom. The Morgan fingerprint density at radius 1 is 1.17 bits per heavy atom. The van der Waals surface area contributed by atoms with Crippen molar-refractivity contribution in [2.45, 2.75) is 31.6 Å². The Labute approximate surface area is 151 Å². The molecule has 1 saturated heterocycles. The first kappa shape index (κ1) is 16.7. The standard InChI is InChI=1S/C19H22INO2/c1-22-17-11-14(10-16(20)12-17)13-23-18-8-5-9-21-19(18)15-6-3-2-4-7-15/h2-4,6-7,10-12,18-19,21H,5,8-9,13H2,1H3/t18-,19-/m0/s1. The Morgan fingerprint density at radius 3 is 2.78 bits per heavy atom. The Hall–Kier alpha value is -1.11. The molecule has 1 N–H and O–H groups in total. The van der Waals surface area contributed by atoms with Crippen LogP contribution in [-0.4, -0.2) is 19.8 Å². The van der Waals surface area contributed by atoms with Crippen LogP contribution in [0.3, 0.4) is 0 Å². The molecule has 0 radical (unpaired) electrons. The number of benzene rings is 2. The number of hydrogen-bond acceptors (Lipinski definition) is 3. The molecule has 0 amide bonds. The lowest BCUT2D eigenvalue weighted by molar-refractivity contribution is -0.00364. The van der Waals surface area contributed by atoms with E-state index in [1.165, 1.54) is 9.13 Å². The zero-order valence-corrected chi connectivity index (χ0v) is 15.5. The second-order valence-corrected chi connectivity index (χ2v) is 7.08. The molecule has 2 aromatic rings. The van der Waals surface area contributed by atoms with E-state index >= 15 is 0 Å². The third-order valence-electron chi connectivity index (χ3n) is 4.19. The fourth-order valence-electron chi connectivity index (χ4n) is 3.06. The van der Waals surface area contributed by atoms with Crippen molar-refractivity contribution in [1.82, 2.24) is 5.32 Å². The maximum Gasteiger partial charge on any atom is 0.120 e. The maximum absolute atomic E-state index is 6.27. The Bertz CT molecular complexity index is 633. The van der Waals surface area contributed by atoms with Crippen molar-refractivity contribution in [3.05, 3.63) is 63.2 Å². The van der Waals surface area contributed by atoms with Crippen LogP contribution in [-0.2, 0) is 11.3 Å². The number of ether oxygens (including phenoxy) is 2. The molecule has 1 heterocycles. The molecule has 0 bridgehead atoms. The smallest absolute Gasteiger partial charge is 0.120 e. The van der Waals surface area contributed by atoms with Crippen molar-refractivity contribution in [2.24, 2.45) is 0 Å². The van der Waals surface area contributed by atoms with E-state index in [0.29, 0.717) is 6.61 Å². The van der Waals surface area contributed by atoms with Crippen LogP contribution >= 0.6 is 22.6 Å². The van der Waals surface area contributed by atoms with Gasteiger partial charge >= 0.3 is 0 Å². The monoisotopic (exact) mass is 423 g/mol. The van der Waals surface area contributed by atoms with Crippen molar-refractivity contribution in [3.63, 3.8) is 0 Å². The minimum atomic E-state index is 0.204. The van der Waals surface area contributed by atoms with Crippen LogP contribution in [0, 0.1) is 3.57 Å². The Balaban J connectivity index is 1.69. The largest absolute Gasteiger partial charge is 0.497 e. The summed E-state index contributed by atoms with van der Waals surface area (Å²) in [6.07, 6.45) is 2.45. The third kappa shape index (κ3) is 4.46. The van der Waals surface area contributed by atoms with Gasteiger partial charge in [-0.15, -0.1) is 0 Å². The zero-order valence-electron chi connectivity index (χ0n) is 13.3. The molecule has 4 heteroatoms. The first-order chi connectivity index (χ1) is 11.3. The summed E-state index contributed by atoms with van der Waals surface area (Å²) < 4.78 is 12.8. The number of rotatable bonds is 5. The average Bonchev–Trinajstić information content (AvgIpc) is 2.60. The number of nitrogens with one attached hydrogen (secondary N) is 1. The summed E-state index contributed by atoms with van der Waals surface area (Å²) in [4.78, 5) is 0. The maximum atomic E-state index is 6.27. The third-order valence-corrected chi connectivity index (χ3v) is 4.81. The van der Waals surface area contributed by atoms with E-state index in [1.807, 2.05) is 6.07 Å². The van der Waals surface area contributed by atoms with Gasteiger partial charge in [0.15, 0.2) is 0 Å². The lowest BCUT2D eigenvalue weighted by atomic mass is 9.94. The molecule has 23 heavy (non-hydrogen) atoms. The summed E-state index contributed by atoms with van der Waals surface area (Å²) >= 11 is 2.31. The van der Waals surface area contributed by atoms with Gasteiger partial charge in [-0.3, -0.25) is 0 Å². The van der Waals surface area contributed by atoms with E-state index in [4.69, 9.17) is 9.47 Å². The van der Waals surface area contributed by atoms with E-state index in [-0.39, 0.29) is 12.1 Å². The van der Waals surface area contributed by atoms with Crippen LogP contribution in [0.2, 0.25) is 0 Å². The van der Waals surface area contributed by atoms with Crippen molar-refractivity contribution in [3.8, 4) is 5.75 Å². The van der Waals surface area contributed by atoms with Gasteiger partial charge in [0, 0.05) is 3.57 Å². The molecule has 0 aromatic heterocycles. The van der Waals surface area contributed by atoms with Gasteiger partial charge in [0.1, 0.15) is 5.75 Å². The normalized spacial score (nSPS) is 21.1. The number of hydrogen-bond donors (Lipinski definition) is 1. The van der Waals surface area contributed by atoms with E-state index < -0.39 is 0 Å². The fourth-order valence-corrected chi connectivity index (χ4v) is 3.76. The molecule has 1 aliphatic rings. The van der Waals surface area contributed by atoms with Gasteiger partial charge in [-0.1, -0.05) is 30.3 Å². The summed E-state index contributed by atoms with van der Waals surface area (Å²) in [6.45, 7) is 1.67. The first-order valence-corrected chi connectivity index (χ1v) is 9.07. The number of piperidine rings is 1. The SMILES string of the molecule is COc1cc(I)cc(CO[C@H]2CCCN[C@H]2c2ccccc2)c1. The lowest BCUT2D eigenvalue weighted by Crippen LogP contribution is -2.39. The van der Waals surface area contributed by atoms with Gasteiger partial charge in [0.25, 0.3) is 0 Å². The van der Waals surface area contributed by atoms with Crippen LogP contribution < -0.4 is 10.1 Å². The van der Waals surface area contributed by atoms with Gasteiger partial charge in [-0.05, 0) is 71.3 Å². The molecule has 0 saturated carbocycles.